The maximum Gasteiger partial charge on any atom is 0.265 e. The third kappa shape index (κ3) is 3.15. The molecule has 1 aromatic carbocycles. The zero-order valence-corrected chi connectivity index (χ0v) is 11.6. The van der Waals surface area contributed by atoms with Gasteiger partial charge in [-0.3, -0.25) is 9.71 Å². The molecule has 2 aromatic rings. The molecular weight excluding hydrogens is 288 g/mol. The number of ether oxygens (including phenoxy) is 1. The number of nitrogens with one attached hydrogen (secondary N) is 1. The average molecular weight is 299 g/mol. The molecule has 0 bridgehead atoms. The smallest absolute Gasteiger partial charge is 0.265 e. The van der Waals surface area contributed by atoms with E-state index in [1.807, 2.05) is 0 Å². The van der Waals surface area contributed by atoms with E-state index in [9.17, 15) is 8.42 Å². The van der Waals surface area contributed by atoms with Crippen molar-refractivity contribution < 1.29 is 13.2 Å². The standard InChI is InChI=1S/C12H11ClN2O3S/c1-18-11-7-9(13)4-5-12(11)19(16,17)15-10-3-2-6-14-8-10/h2-8,15H,1H3. The van der Waals surface area contributed by atoms with Gasteiger partial charge in [-0.15, -0.1) is 0 Å². The van der Waals surface area contributed by atoms with E-state index < -0.39 is 10.0 Å². The third-order valence-corrected chi connectivity index (χ3v) is 3.98. The van der Waals surface area contributed by atoms with Gasteiger partial charge in [0.15, 0.2) is 0 Å². The highest BCUT2D eigenvalue weighted by Gasteiger charge is 2.19. The van der Waals surface area contributed by atoms with Crippen molar-refractivity contribution in [1.29, 1.82) is 0 Å². The first kappa shape index (κ1) is 13.6. The summed E-state index contributed by atoms with van der Waals surface area (Å²) >= 11 is 5.80. The zero-order chi connectivity index (χ0) is 13.9. The highest BCUT2D eigenvalue weighted by atomic mass is 35.5. The summed E-state index contributed by atoms with van der Waals surface area (Å²) in [5.41, 5.74) is 0.375. The van der Waals surface area contributed by atoms with Crippen LogP contribution in [0.2, 0.25) is 5.02 Å². The van der Waals surface area contributed by atoms with Crippen molar-refractivity contribution in [2.45, 2.75) is 4.90 Å². The lowest BCUT2D eigenvalue weighted by molar-refractivity contribution is 0.403. The molecule has 1 N–H and O–H groups in total. The molecule has 0 atom stereocenters. The van der Waals surface area contributed by atoms with Crippen molar-refractivity contribution in [1.82, 2.24) is 4.98 Å². The molecule has 0 spiro atoms. The van der Waals surface area contributed by atoms with Gasteiger partial charge in [0.25, 0.3) is 10.0 Å². The predicted octanol–water partition coefficient (Wildman–Crippen LogP) is 2.54. The Morgan fingerprint density at radius 1 is 1.32 bits per heavy atom. The van der Waals surface area contributed by atoms with Crippen LogP contribution in [0.15, 0.2) is 47.6 Å². The fourth-order valence-electron chi connectivity index (χ4n) is 1.50. The Balaban J connectivity index is 2.40. The largest absolute Gasteiger partial charge is 0.495 e. The number of hydrogen-bond acceptors (Lipinski definition) is 4. The van der Waals surface area contributed by atoms with Crippen LogP contribution in [-0.2, 0) is 10.0 Å². The lowest BCUT2D eigenvalue weighted by atomic mass is 10.3. The maximum atomic E-state index is 12.2. The summed E-state index contributed by atoms with van der Waals surface area (Å²) in [6.45, 7) is 0. The van der Waals surface area contributed by atoms with Gasteiger partial charge in [0, 0.05) is 17.3 Å². The van der Waals surface area contributed by atoms with E-state index in [1.54, 1.807) is 18.3 Å². The Morgan fingerprint density at radius 3 is 2.74 bits per heavy atom. The fourth-order valence-corrected chi connectivity index (χ4v) is 2.85. The molecule has 1 aromatic heterocycles. The van der Waals surface area contributed by atoms with Crippen LogP contribution in [0.4, 0.5) is 5.69 Å². The number of aromatic nitrogens is 1. The second kappa shape index (κ2) is 5.46. The van der Waals surface area contributed by atoms with Gasteiger partial charge in [0.05, 0.1) is 19.0 Å². The molecule has 0 fully saturated rings. The van der Waals surface area contributed by atoms with E-state index in [2.05, 4.69) is 9.71 Å². The van der Waals surface area contributed by atoms with Gasteiger partial charge in [-0.1, -0.05) is 11.6 Å². The molecule has 5 nitrogen and oxygen atoms in total. The van der Waals surface area contributed by atoms with Gasteiger partial charge in [-0.05, 0) is 24.3 Å². The fraction of sp³-hybridized carbons (Fsp3) is 0.0833. The number of nitrogens with zero attached hydrogens (tertiary/aromatic N) is 1. The third-order valence-electron chi connectivity index (χ3n) is 2.33. The van der Waals surface area contributed by atoms with Crippen molar-refractivity contribution in [3.05, 3.63) is 47.7 Å². The van der Waals surface area contributed by atoms with Crippen LogP contribution in [0.3, 0.4) is 0 Å². The second-order valence-electron chi connectivity index (χ2n) is 3.64. The van der Waals surface area contributed by atoms with Gasteiger partial charge in [-0.2, -0.15) is 0 Å². The van der Waals surface area contributed by atoms with Gasteiger partial charge in [-0.25, -0.2) is 8.42 Å². The van der Waals surface area contributed by atoms with Crippen LogP contribution < -0.4 is 9.46 Å². The molecule has 0 unspecified atom stereocenters. The quantitative estimate of drug-likeness (QED) is 0.942. The van der Waals surface area contributed by atoms with E-state index in [0.717, 1.165) is 0 Å². The van der Waals surface area contributed by atoms with Crippen molar-refractivity contribution in [2.24, 2.45) is 0 Å². The monoisotopic (exact) mass is 298 g/mol. The van der Waals surface area contributed by atoms with Gasteiger partial charge >= 0.3 is 0 Å². The summed E-state index contributed by atoms with van der Waals surface area (Å²) in [4.78, 5) is 3.86. The van der Waals surface area contributed by atoms with Gasteiger partial charge in [0.2, 0.25) is 0 Å². The van der Waals surface area contributed by atoms with E-state index >= 15 is 0 Å². The van der Waals surface area contributed by atoms with Crippen molar-refractivity contribution >= 4 is 27.3 Å². The summed E-state index contributed by atoms with van der Waals surface area (Å²) in [6.07, 6.45) is 2.97. The topological polar surface area (TPSA) is 68.3 Å². The lowest BCUT2D eigenvalue weighted by Gasteiger charge is -2.11. The highest BCUT2D eigenvalue weighted by molar-refractivity contribution is 7.92. The Morgan fingerprint density at radius 2 is 2.11 bits per heavy atom. The first-order valence-electron chi connectivity index (χ1n) is 5.29. The van der Waals surface area contributed by atoms with Crippen LogP contribution in [0, 0.1) is 0 Å². The summed E-state index contributed by atoms with van der Waals surface area (Å²) < 4.78 is 31.9. The minimum Gasteiger partial charge on any atom is -0.495 e. The summed E-state index contributed by atoms with van der Waals surface area (Å²) in [5, 5.41) is 0.400. The molecule has 7 heteroatoms. The minimum absolute atomic E-state index is 0.0169. The van der Waals surface area contributed by atoms with Crippen molar-refractivity contribution in [2.75, 3.05) is 11.8 Å². The molecule has 0 saturated heterocycles. The number of hydrogen-bond donors (Lipinski definition) is 1. The number of anilines is 1. The molecule has 19 heavy (non-hydrogen) atoms. The first-order chi connectivity index (χ1) is 9.03. The van der Waals surface area contributed by atoms with E-state index in [4.69, 9.17) is 16.3 Å². The first-order valence-corrected chi connectivity index (χ1v) is 7.15. The van der Waals surface area contributed by atoms with E-state index in [1.165, 1.54) is 31.5 Å². The van der Waals surface area contributed by atoms with Gasteiger partial charge in [0.1, 0.15) is 10.6 Å². The normalized spacial score (nSPS) is 11.1. The molecule has 100 valence electrons. The molecule has 0 saturated carbocycles. The molecule has 0 radical (unpaired) electrons. The van der Waals surface area contributed by atoms with Crippen LogP contribution in [-0.4, -0.2) is 20.5 Å². The number of halogens is 1. The molecule has 0 aliphatic carbocycles. The van der Waals surface area contributed by atoms with Crippen LogP contribution >= 0.6 is 11.6 Å². The summed E-state index contributed by atoms with van der Waals surface area (Å²) in [6, 6.07) is 7.56. The number of pyridine rings is 1. The number of sulfonamides is 1. The number of methoxy groups -OCH3 is 1. The lowest BCUT2D eigenvalue weighted by Crippen LogP contribution is -2.14. The zero-order valence-electron chi connectivity index (χ0n) is 10.00. The number of benzene rings is 1. The van der Waals surface area contributed by atoms with Crippen LogP contribution in [0.25, 0.3) is 0 Å². The number of rotatable bonds is 4. The minimum atomic E-state index is -3.75. The molecule has 0 aliphatic heterocycles. The summed E-state index contributed by atoms with van der Waals surface area (Å²) in [7, 11) is -2.36. The van der Waals surface area contributed by atoms with Crippen molar-refractivity contribution in [3.8, 4) is 5.75 Å². The predicted molar refractivity (Wildman–Crippen MR) is 73.0 cm³/mol. The maximum absolute atomic E-state index is 12.2. The Kier molecular flexibility index (Phi) is 3.92. The summed E-state index contributed by atoms with van der Waals surface area (Å²) in [5.74, 6) is 0.184. The van der Waals surface area contributed by atoms with Gasteiger partial charge < -0.3 is 4.74 Å². The second-order valence-corrected chi connectivity index (χ2v) is 5.73. The van der Waals surface area contributed by atoms with Crippen LogP contribution in [0.1, 0.15) is 0 Å². The Hall–Kier alpha value is -1.79. The van der Waals surface area contributed by atoms with Crippen molar-refractivity contribution in [3.63, 3.8) is 0 Å². The van der Waals surface area contributed by atoms with Crippen LogP contribution in [0.5, 0.6) is 5.75 Å². The molecule has 0 amide bonds. The van der Waals surface area contributed by atoms with E-state index in [-0.39, 0.29) is 10.6 Å². The molecule has 0 aliphatic rings. The Bertz CT molecular complexity index is 675. The Labute approximate surface area is 116 Å². The highest BCUT2D eigenvalue weighted by Crippen LogP contribution is 2.28. The SMILES string of the molecule is COc1cc(Cl)ccc1S(=O)(=O)Nc1cccnc1. The molecule has 1 heterocycles. The molecule has 2 rings (SSSR count). The molecular formula is C12H11ClN2O3S. The van der Waals surface area contributed by atoms with E-state index in [0.29, 0.717) is 10.7 Å². The average Bonchev–Trinajstić information content (AvgIpc) is 2.38.